The van der Waals surface area contributed by atoms with Crippen LogP contribution in [0, 0.1) is 11.6 Å². The van der Waals surface area contributed by atoms with Gasteiger partial charge in [-0.05, 0) is 18.2 Å². The zero-order valence-electron chi connectivity index (χ0n) is 14.7. The van der Waals surface area contributed by atoms with Gasteiger partial charge in [0, 0.05) is 50.8 Å². The summed E-state index contributed by atoms with van der Waals surface area (Å²) in [4.78, 5) is 20.9. The number of ether oxygens (including phenoxy) is 1. The molecule has 0 saturated carbocycles. The zero-order valence-corrected chi connectivity index (χ0v) is 14.7. The lowest BCUT2D eigenvalue weighted by Gasteiger charge is -2.36. The molecule has 3 aromatic rings. The minimum atomic E-state index is -0.607. The lowest BCUT2D eigenvalue weighted by molar-refractivity contribution is 0.0744. The summed E-state index contributed by atoms with van der Waals surface area (Å²) in [7, 11) is 1.51. The van der Waals surface area contributed by atoms with Crippen molar-refractivity contribution in [2.75, 3.05) is 38.2 Å². The number of amides is 1. The Balaban J connectivity index is 1.55. The summed E-state index contributed by atoms with van der Waals surface area (Å²) in [5.74, 6) is -0.919. The van der Waals surface area contributed by atoms with Crippen LogP contribution in [0.15, 0.2) is 42.9 Å². The van der Waals surface area contributed by atoms with Gasteiger partial charge in [-0.25, -0.2) is 13.8 Å². The summed E-state index contributed by atoms with van der Waals surface area (Å²) in [6.45, 7) is 1.74. The van der Waals surface area contributed by atoms with Crippen LogP contribution in [-0.2, 0) is 0 Å². The molecule has 0 aliphatic carbocycles. The fraction of sp³-hybridized carbons (Fsp3) is 0.263. The summed E-state index contributed by atoms with van der Waals surface area (Å²) in [5.41, 5.74) is 1.29. The lowest BCUT2D eigenvalue weighted by atomic mass is 10.1. The molecule has 3 heterocycles. The number of hydrogen-bond donors (Lipinski definition) is 0. The Bertz CT molecular complexity index is 997. The van der Waals surface area contributed by atoms with Crippen LogP contribution in [0.3, 0.4) is 0 Å². The monoisotopic (exact) mass is 372 g/mol. The van der Waals surface area contributed by atoms with Crippen LogP contribution in [-0.4, -0.2) is 53.5 Å². The first-order valence-corrected chi connectivity index (χ1v) is 8.57. The average molecular weight is 372 g/mol. The van der Waals surface area contributed by atoms with Crippen LogP contribution >= 0.6 is 0 Å². The Morgan fingerprint density at radius 3 is 2.59 bits per heavy atom. The van der Waals surface area contributed by atoms with Crippen molar-refractivity contribution in [1.29, 1.82) is 0 Å². The molecule has 140 valence electrons. The molecular formula is C19H18F2N4O2. The van der Waals surface area contributed by atoms with E-state index in [-0.39, 0.29) is 5.91 Å². The van der Waals surface area contributed by atoms with E-state index in [0.717, 1.165) is 6.07 Å². The van der Waals surface area contributed by atoms with Crippen molar-refractivity contribution in [1.82, 2.24) is 14.3 Å². The van der Waals surface area contributed by atoms with Crippen LogP contribution in [0.2, 0.25) is 0 Å². The SMILES string of the molecule is COc1ccn2ccnc2c1C(=O)N1CCN(c2ccc(F)cc2F)CC1. The van der Waals surface area contributed by atoms with Crippen LogP contribution in [0.1, 0.15) is 10.4 Å². The molecule has 0 bridgehead atoms. The number of nitrogens with zero attached hydrogens (tertiary/aromatic N) is 4. The van der Waals surface area contributed by atoms with Gasteiger partial charge in [0.1, 0.15) is 22.9 Å². The molecule has 0 spiro atoms. The second-order valence-electron chi connectivity index (χ2n) is 6.29. The van der Waals surface area contributed by atoms with Gasteiger partial charge in [-0.1, -0.05) is 0 Å². The summed E-state index contributed by atoms with van der Waals surface area (Å²) in [6, 6.07) is 5.26. The molecule has 4 rings (SSSR count). The number of carbonyl (C=O) groups excluding carboxylic acids is 1. The minimum Gasteiger partial charge on any atom is -0.496 e. The predicted octanol–water partition coefficient (Wildman–Crippen LogP) is 2.58. The second kappa shape index (κ2) is 6.86. The second-order valence-corrected chi connectivity index (χ2v) is 6.29. The molecule has 6 nitrogen and oxygen atoms in total. The van der Waals surface area contributed by atoms with Crippen LogP contribution in [0.4, 0.5) is 14.5 Å². The standard InChI is InChI=1S/C19H18F2N4O2/c1-27-16-4-6-24-7-5-22-18(24)17(16)19(26)25-10-8-23(9-11-25)15-3-2-13(20)12-14(15)21/h2-7,12H,8-11H2,1H3. The predicted molar refractivity (Wildman–Crippen MR) is 96.2 cm³/mol. The first-order chi connectivity index (χ1) is 13.1. The first-order valence-electron chi connectivity index (χ1n) is 8.57. The van der Waals surface area contributed by atoms with Crippen molar-refractivity contribution in [3.63, 3.8) is 0 Å². The molecule has 27 heavy (non-hydrogen) atoms. The Morgan fingerprint density at radius 2 is 1.89 bits per heavy atom. The molecule has 2 aromatic heterocycles. The number of methoxy groups -OCH3 is 1. The fourth-order valence-electron chi connectivity index (χ4n) is 3.39. The molecule has 1 fully saturated rings. The van der Waals surface area contributed by atoms with Gasteiger partial charge in [0.25, 0.3) is 5.91 Å². The number of anilines is 1. The maximum atomic E-state index is 14.0. The fourth-order valence-corrected chi connectivity index (χ4v) is 3.39. The smallest absolute Gasteiger partial charge is 0.261 e. The highest BCUT2D eigenvalue weighted by Crippen LogP contribution is 2.26. The maximum Gasteiger partial charge on any atom is 0.261 e. The molecule has 1 aliphatic rings. The Morgan fingerprint density at radius 1 is 1.11 bits per heavy atom. The van der Waals surface area contributed by atoms with E-state index in [1.807, 2.05) is 4.90 Å². The number of carbonyl (C=O) groups is 1. The van der Waals surface area contributed by atoms with Crippen molar-refractivity contribution in [3.05, 3.63) is 60.1 Å². The van der Waals surface area contributed by atoms with E-state index in [4.69, 9.17) is 4.74 Å². The minimum absolute atomic E-state index is 0.178. The van der Waals surface area contributed by atoms with E-state index in [1.165, 1.54) is 19.2 Å². The number of piperazine rings is 1. The van der Waals surface area contributed by atoms with Gasteiger partial charge in [0.15, 0.2) is 5.65 Å². The third-order valence-corrected chi connectivity index (χ3v) is 4.78. The molecule has 1 saturated heterocycles. The Hall–Kier alpha value is -3.16. The van der Waals surface area contributed by atoms with Crippen molar-refractivity contribution >= 4 is 17.2 Å². The van der Waals surface area contributed by atoms with Crippen molar-refractivity contribution < 1.29 is 18.3 Å². The number of hydrogen-bond acceptors (Lipinski definition) is 4. The molecule has 1 aliphatic heterocycles. The zero-order chi connectivity index (χ0) is 19.0. The van der Waals surface area contributed by atoms with Crippen LogP contribution in [0.25, 0.3) is 5.65 Å². The van der Waals surface area contributed by atoms with Gasteiger partial charge in [-0.3, -0.25) is 4.79 Å². The first kappa shape index (κ1) is 17.3. The van der Waals surface area contributed by atoms with E-state index in [2.05, 4.69) is 4.98 Å². The normalized spacial score (nSPS) is 14.6. The third-order valence-electron chi connectivity index (χ3n) is 4.78. The van der Waals surface area contributed by atoms with Gasteiger partial charge in [-0.2, -0.15) is 0 Å². The van der Waals surface area contributed by atoms with Crippen molar-refractivity contribution in [2.24, 2.45) is 0 Å². The van der Waals surface area contributed by atoms with Gasteiger partial charge < -0.3 is 18.9 Å². The Labute approximate surface area is 154 Å². The largest absolute Gasteiger partial charge is 0.496 e. The number of imidazole rings is 1. The molecule has 1 aromatic carbocycles. The number of halogens is 2. The number of pyridine rings is 1. The van der Waals surface area contributed by atoms with E-state index in [1.54, 1.807) is 34.0 Å². The molecule has 0 unspecified atom stereocenters. The summed E-state index contributed by atoms with van der Waals surface area (Å²) >= 11 is 0. The maximum absolute atomic E-state index is 14.0. The summed E-state index contributed by atoms with van der Waals surface area (Å²) < 4.78 is 34.2. The lowest BCUT2D eigenvalue weighted by Crippen LogP contribution is -2.49. The van der Waals surface area contributed by atoms with E-state index in [9.17, 15) is 13.6 Å². The molecule has 0 radical (unpaired) electrons. The quantitative estimate of drug-likeness (QED) is 0.709. The highest BCUT2D eigenvalue weighted by atomic mass is 19.1. The highest BCUT2D eigenvalue weighted by molar-refractivity contribution is 6.02. The Kier molecular flexibility index (Phi) is 4.39. The summed E-state index contributed by atoms with van der Waals surface area (Å²) in [6.07, 6.45) is 5.18. The van der Waals surface area contributed by atoms with Gasteiger partial charge in [0.2, 0.25) is 0 Å². The summed E-state index contributed by atoms with van der Waals surface area (Å²) in [5, 5.41) is 0. The topological polar surface area (TPSA) is 50.1 Å². The van der Waals surface area contributed by atoms with E-state index < -0.39 is 11.6 Å². The molecule has 8 heteroatoms. The molecule has 1 amide bonds. The molecular weight excluding hydrogens is 354 g/mol. The van der Waals surface area contributed by atoms with Gasteiger partial charge in [0.05, 0.1) is 12.8 Å². The van der Waals surface area contributed by atoms with E-state index in [0.29, 0.717) is 48.8 Å². The number of benzene rings is 1. The molecule has 0 N–H and O–H groups in total. The molecule has 0 atom stereocenters. The van der Waals surface area contributed by atoms with Crippen LogP contribution < -0.4 is 9.64 Å². The number of fused-ring (bicyclic) bond motifs is 1. The van der Waals surface area contributed by atoms with Crippen LogP contribution in [0.5, 0.6) is 5.75 Å². The van der Waals surface area contributed by atoms with Gasteiger partial charge >= 0.3 is 0 Å². The van der Waals surface area contributed by atoms with E-state index >= 15 is 0 Å². The number of rotatable bonds is 3. The third kappa shape index (κ3) is 3.07. The van der Waals surface area contributed by atoms with Gasteiger partial charge in [-0.15, -0.1) is 0 Å². The highest BCUT2D eigenvalue weighted by Gasteiger charge is 2.27. The number of aromatic nitrogens is 2. The average Bonchev–Trinajstić information content (AvgIpc) is 3.15. The van der Waals surface area contributed by atoms with Crippen molar-refractivity contribution in [2.45, 2.75) is 0 Å². The van der Waals surface area contributed by atoms with Crippen molar-refractivity contribution in [3.8, 4) is 5.75 Å².